The van der Waals surface area contributed by atoms with Gasteiger partial charge < -0.3 is 10.2 Å². The third kappa shape index (κ3) is 3.10. The average molecular weight is 299 g/mol. The summed E-state index contributed by atoms with van der Waals surface area (Å²) in [6.45, 7) is 2.19. The third-order valence-electron chi connectivity index (χ3n) is 3.24. The molecule has 0 saturated carbocycles. The van der Waals surface area contributed by atoms with E-state index < -0.39 is 11.9 Å². The number of halogens is 2. The van der Waals surface area contributed by atoms with Crippen LogP contribution in [0.25, 0.3) is 0 Å². The molecule has 0 spiro atoms. The number of hydrogen-bond acceptors (Lipinski definition) is 2. The van der Waals surface area contributed by atoms with Crippen LogP contribution < -0.4 is 10.2 Å². The predicted molar refractivity (Wildman–Crippen MR) is 75.2 cm³/mol. The average Bonchev–Trinajstić information content (AvgIpc) is 2.52. The maximum Gasteiger partial charge on any atom is 0.249 e. The van der Waals surface area contributed by atoms with Crippen molar-refractivity contribution in [2.24, 2.45) is 0 Å². The van der Waals surface area contributed by atoms with Crippen molar-refractivity contribution in [3.63, 3.8) is 0 Å². The Morgan fingerprint density at radius 1 is 1.45 bits per heavy atom. The molecule has 1 fully saturated rings. The molecule has 108 valence electrons. The van der Waals surface area contributed by atoms with E-state index >= 15 is 0 Å². The minimum atomic E-state index is -0.545. The van der Waals surface area contributed by atoms with E-state index in [0.29, 0.717) is 12.1 Å². The quantitative estimate of drug-likeness (QED) is 0.932. The summed E-state index contributed by atoms with van der Waals surface area (Å²) in [5.74, 6) is -0.816. The van der Waals surface area contributed by atoms with Gasteiger partial charge in [-0.1, -0.05) is 24.9 Å². The third-order valence-corrected chi connectivity index (χ3v) is 3.54. The van der Waals surface area contributed by atoms with Gasteiger partial charge in [0, 0.05) is 13.0 Å². The summed E-state index contributed by atoms with van der Waals surface area (Å²) < 4.78 is 13.1. The van der Waals surface area contributed by atoms with E-state index in [9.17, 15) is 14.0 Å². The minimum Gasteiger partial charge on any atom is -0.344 e. The maximum absolute atomic E-state index is 13.1. The van der Waals surface area contributed by atoms with Crippen LogP contribution in [0, 0.1) is 5.82 Å². The molecule has 1 aliphatic rings. The molecule has 2 rings (SSSR count). The Bertz CT molecular complexity index is 536. The largest absolute Gasteiger partial charge is 0.344 e. The summed E-state index contributed by atoms with van der Waals surface area (Å²) in [4.78, 5) is 25.6. The van der Waals surface area contributed by atoms with Crippen molar-refractivity contribution in [2.45, 2.75) is 32.2 Å². The van der Waals surface area contributed by atoms with E-state index in [1.165, 1.54) is 23.1 Å². The van der Waals surface area contributed by atoms with Crippen LogP contribution in [0.2, 0.25) is 5.02 Å². The first-order valence-electron chi connectivity index (χ1n) is 6.58. The van der Waals surface area contributed by atoms with E-state index in [1.807, 2.05) is 6.92 Å². The summed E-state index contributed by atoms with van der Waals surface area (Å²) in [5.41, 5.74) is 0.440. The van der Waals surface area contributed by atoms with Gasteiger partial charge in [0.25, 0.3) is 0 Å². The molecular weight excluding hydrogens is 283 g/mol. The molecule has 0 aliphatic carbocycles. The first kappa shape index (κ1) is 14.8. The van der Waals surface area contributed by atoms with Crippen molar-refractivity contribution in [1.29, 1.82) is 0 Å². The smallest absolute Gasteiger partial charge is 0.249 e. The van der Waals surface area contributed by atoms with Gasteiger partial charge in [-0.2, -0.15) is 0 Å². The van der Waals surface area contributed by atoms with Gasteiger partial charge in [0.05, 0.1) is 10.7 Å². The molecule has 0 aromatic heterocycles. The van der Waals surface area contributed by atoms with Crippen LogP contribution >= 0.6 is 11.6 Å². The Morgan fingerprint density at radius 3 is 2.85 bits per heavy atom. The molecule has 1 aliphatic heterocycles. The molecule has 0 radical (unpaired) electrons. The zero-order chi connectivity index (χ0) is 14.7. The molecule has 2 amide bonds. The summed E-state index contributed by atoms with van der Waals surface area (Å²) in [6, 6.07) is 3.34. The highest BCUT2D eigenvalue weighted by Crippen LogP contribution is 2.28. The van der Waals surface area contributed by atoms with Crippen molar-refractivity contribution in [3.05, 3.63) is 29.0 Å². The number of nitrogens with one attached hydrogen (secondary N) is 1. The van der Waals surface area contributed by atoms with Gasteiger partial charge in [-0.05, 0) is 24.6 Å². The number of nitrogens with zero attached hydrogens (tertiary/aromatic N) is 1. The molecule has 0 bridgehead atoms. The fraction of sp³-hybridized carbons (Fsp3) is 0.429. The number of benzene rings is 1. The Morgan fingerprint density at radius 2 is 2.20 bits per heavy atom. The van der Waals surface area contributed by atoms with Gasteiger partial charge in [-0.25, -0.2) is 4.39 Å². The minimum absolute atomic E-state index is 0.155. The zero-order valence-electron chi connectivity index (χ0n) is 11.2. The van der Waals surface area contributed by atoms with Gasteiger partial charge in [0.1, 0.15) is 11.9 Å². The van der Waals surface area contributed by atoms with Crippen molar-refractivity contribution in [3.8, 4) is 0 Å². The highest BCUT2D eigenvalue weighted by Gasteiger charge is 2.30. The molecule has 1 aromatic rings. The zero-order valence-corrected chi connectivity index (χ0v) is 11.9. The summed E-state index contributed by atoms with van der Waals surface area (Å²) >= 11 is 6.00. The van der Waals surface area contributed by atoms with Crippen molar-refractivity contribution >= 4 is 29.1 Å². The molecule has 4 nitrogen and oxygen atoms in total. The molecule has 6 heteroatoms. The molecule has 20 heavy (non-hydrogen) atoms. The van der Waals surface area contributed by atoms with Crippen LogP contribution in [-0.2, 0) is 9.59 Å². The SMILES string of the molecule is CCCC1NC(=O)CCN(c2ccc(F)cc2Cl)C1=O. The Labute approximate surface area is 121 Å². The molecule has 1 unspecified atom stereocenters. The molecule has 1 N–H and O–H groups in total. The predicted octanol–water partition coefficient (Wildman–Crippen LogP) is 2.50. The Hall–Kier alpha value is -1.62. The summed E-state index contributed by atoms with van der Waals surface area (Å²) in [5, 5.41) is 2.88. The van der Waals surface area contributed by atoms with E-state index in [2.05, 4.69) is 5.32 Å². The van der Waals surface area contributed by atoms with Gasteiger partial charge in [-0.15, -0.1) is 0 Å². The number of rotatable bonds is 3. The normalized spacial score (nSPS) is 19.8. The van der Waals surface area contributed by atoms with Crippen LogP contribution in [0.1, 0.15) is 26.2 Å². The van der Waals surface area contributed by atoms with Crippen molar-refractivity contribution in [2.75, 3.05) is 11.4 Å². The summed E-state index contributed by atoms with van der Waals surface area (Å²) in [7, 11) is 0. The lowest BCUT2D eigenvalue weighted by atomic mass is 10.1. The van der Waals surface area contributed by atoms with Gasteiger partial charge in [0.15, 0.2) is 0 Å². The second-order valence-corrected chi connectivity index (χ2v) is 5.15. The van der Waals surface area contributed by atoms with E-state index in [-0.39, 0.29) is 29.8 Å². The number of anilines is 1. The number of carbonyl (C=O) groups excluding carboxylic acids is 2. The van der Waals surface area contributed by atoms with Gasteiger partial charge in [-0.3, -0.25) is 9.59 Å². The van der Waals surface area contributed by atoms with Gasteiger partial charge >= 0.3 is 0 Å². The molecular formula is C14H16ClFN2O2. The fourth-order valence-electron chi connectivity index (χ4n) is 2.26. The molecule has 1 saturated heterocycles. The molecule has 1 heterocycles. The van der Waals surface area contributed by atoms with Crippen molar-refractivity contribution < 1.29 is 14.0 Å². The second-order valence-electron chi connectivity index (χ2n) is 4.74. The van der Waals surface area contributed by atoms with E-state index in [4.69, 9.17) is 11.6 Å². The van der Waals surface area contributed by atoms with E-state index in [1.54, 1.807) is 0 Å². The van der Waals surface area contributed by atoms with Crippen LogP contribution in [0.3, 0.4) is 0 Å². The first-order chi connectivity index (χ1) is 9.52. The monoisotopic (exact) mass is 298 g/mol. The summed E-state index contributed by atoms with van der Waals surface area (Å²) in [6.07, 6.45) is 1.56. The first-order valence-corrected chi connectivity index (χ1v) is 6.96. The highest BCUT2D eigenvalue weighted by molar-refractivity contribution is 6.33. The standard InChI is InChI=1S/C14H16ClFN2O2/c1-2-3-11-14(20)18(7-6-13(19)17-11)12-5-4-9(16)8-10(12)15/h4-5,8,11H,2-3,6-7H2,1H3,(H,17,19). The fourth-order valence-corrected chi connectivity index (χ4v) is 2.53. The highest BCUT2D eigenvalue weighted by atomic mass is 35.5. The topological polar surface area (TPSA) is 49.4 Å². The second kappa shape index (κ2) is 6.22. The van der Waals surface area contributed by atoms with E-state index in [0.717, 1.165) is 6.42 Å². The Balaban J connectivity index is 2.33. The van der Waals surface area contributed by atoms with Crippen LogP contribution in [0.4, 0.5) is 10.1 Å². The number of amides is 2. The lowest BCUT2D eigenvalue weighted by molar-refractivity contribution is -0.125. The van der Waals surface area contributed by atoms with Crippen LogP contribution in [-0.4, -0.2) is 24.4 Å². The van der Waals surface area contributed by atoms with Crippen LogP contribution in [0.5, 0.6) is 0 Å². The molecule has 1 atom stereocenters. The van der Waals surface area contributed by atoms with Crippen molar-refractivity contribution in [1.82, 2.24) is 5.32 Å². The van der Waals surface area contributed by atoms with Gasteiger partial charge in [0.2, 0.25) is 11.8 Å². The number of carbonyl (C=O) groups is 2. The number of hydrogen-bond donors (Lipinski definition) is 1. The lowest BCUT2D eigenvalue weighted by Crippen LogP contribution is -2.44. The molecule has 1 aromatic carbocycles. The Kier molecular flexibility index (Phi) is 4.60. The van der Waals surface area contributed by atoms with Crippen LogP contribution in [0.15, 0.2) is 18.2 Å². The maximum atomic E-state index is 13.1. The lowest BCUT2D eigenvalue weighted by Gasteiger charge is -2.24.